The molecule has 1 saturated carbocycles. The van der Waals surface area contributed by atoms with Gasteiger partial charge in [-0.3, -0.25) is 4.79 Å². The second kappa shape index (κ2) is 7.04. The Bertz CT molecular complexity index is 588. The van der Waals surface area contributed by atoms with Crippen molar-refractivity contribution >= 4 is 15.8 Å². The summed E-state index contributed by atoms with van der Waals surface area (Å²) in [5.74, 6) is -0.472. The monoisotopic (exact) mass is 312 g/mol. The average molecular weight is 312 g/mol. The first-order chi connectivity index (χ1) is 10.0. The van der Waals surface area contributed by atoms with Crippen molar-refractivity contribution in [1.82, 2.24) is 0 Å². The van der Waals surface area contributed by atoms with Crippen molar-refractivity contribution in [3.05, 3.63) is 24.3 Å². The first-order valence-electron chi connectivity index (χ1n) is 7.18. The van der Waals surface area contributed by atoms with E-state index in [0.29, 0.717) is 0 Å². The first kappa shape index (κ1) is 16.0. The minimum atomic E-state index is -3.53. The van der Waals surface area contributed by atoms with Gasteiger partial charge < -0.3 is 9.84 Å². The van der Waals surface area contributed by atoms with Crippen LogP contribution in [0, 0.1) is 5.92 Å². The Morgan fingerprint density at radius 2 is 1.95 bits per heavy atom. The molecule has 0 saturated heterocycles. The third-order valence-corrected chi connectivity index (χ3v) is 5.37. The van der Waals surface area contributed by atoms with Crippen LogP contribution in [0.25, 0.3) is 0 Å². The van der Waals surface area contributed by atoms with E-state index in [4.69, 9.17) is 9.84 Å². The molecule has 5 nitrogen and oxygen atoms in total. The highest BCUT2D eigenvalue weighted by Gasteiger charge is 2.23. The van der Waals surface area contributed by atoms with Gasteiger partial charge in [0.2, 0.25) is 0 Å². The summed E-state index contributed by atoms with van der Waals surface area (Å²) in [4.78, 5) is 12.1. The number of rotatable bonds is 5. The zero-order valence-corrected chi connectivity index (χ0v) is 12.6. The molecular weight excluding hydrogens is 292 g/mol. The normalized spacial score (nSPS) is 16.6. The summed E-state index contributed by atoms with van der Waals surface area (Å²) in [5, 5.41) is 8.78. The van der Waals surface area contributed by atoms with Crippen LogP contribution in [-0.2, 0) is 14.6 Å². The molecule has 21 heavy (non-hydrogen) atoms. The summed E-state index contributed by atoms with van der Waals surface area (Å²) in [6, 6.07) is 5.88. The second-order valence-corrected chi connectivity index (χ2v) is 7.38. The van der Waals surface area contributed by atoms with Crippen LogP contribution >= 0.6 is 0 Å². The van der Waals surface area contributed by atoms with Crippen molar-refractivity contribution in [1.29, 1.82) is 0 Å². The van der Waals surface area contributed by atoms with E-state index in [9.17, 15) is 13.2 Å². The molecule has 0 radical (unpaired) electrons. The fourth-order valence-corrected chi connectivity index (χ4v) is 3.56. The standard InChI is InChI=1S/C15H20O5S/c16-9-10-21(18,19)14-8-4-7-13(11-14)20-15(17)12-5-2-1-3-6-12/h4,7-8,11-12,16H,1-3,5-6,9-10H2. The maximum absolute atomic E-state index is 12.0. The number of hydrogen-bond donors (Lipinski definition) is 1. The Balaban J connectivity index is 2.09. The topological polar surface area (TPSA) is 80.7 Å². The highest BCUT2D eigenvalue weighted by Crippen LogP contribution is 2.26. The zero-order valence-electron chi connectivity index (χ0n) is 11.8. The Kier molecular flexibility index (Phi) is 5.36. The van der Waals surface area contributed by atoms with Crippen LogP contribution < -0.4 is 4.74 Å². The molecule has 0 unspecified atom stereocenters. The SMILES string of the molecule is O=C(Oc1cccc(S(=O)(=O)CCO)c1)C1CCCCC1. The Morgan fingerprint density at radius 1 is 1.24 bits per heavy atom. The number of aliphatic hydroxyl groups is 1. The van der Waals surface area contributed by atoms with Gasteiger partial charge in [-0.1, -0.05) is 25.3 Å². The molecule has 116 valence electrons. The molecule has 0 bridgehead atoms. The van der Waals surface area contributed by atoms with E-state index in [-0.39, 0.29) is 28.3 Å². The van der Waals surface area contributed by atoms with E-state index in [1.807, 2.05) is 0 Å². The number of sulfone groups is 1. The van der Waals surface area contributed by atoms with Crippen LogP contribution in [0.4, 0.5) is 0 Å². The van der Waals surface area contributed by atoms with Crippen LogP contribution in [-0.4, -0.2) is 31.9 Å². The number of hydrogen-bond acceptors (Lipinski definition) is 5. The lowest BCUT2D eigenvalue weighted by molar-refractivity contribution is -0.140. The minimum absolute atomic E-state index is 0.0606. The van der Waals surface area contributed by atoms with E-state index >= 15 is 0 Å². The lowest BCUT2D eigenvalue weighted by Crippen LogP contribution is -2.22. The molecule has 2 rings (SSSR count). The number of carbonyl (C=O) groups is 1. The average Bonchev–Trinajstić information content (AvgIpc) is 2.48. The fraction of sp³-hybridized carbons (Fsp3) is 0.533. The van der Waals surface area contributed by atoms with Gasteiger partial charge in [-0.15, -0.1) is 0 Å². The van der Waals surface area contributed by atoms with Gasteiger partial charge in [0, 0.05) is 0 Å². The third kappa shape index (κ3) is 4.28. The maximum Gasteiger partial charge on any atom is 0.314 e. The summed E-state index contributed by atoms with van der Waals surface area (Å²) < 4.78 is 29.0. The van der Waals surface area contributed by atoms with Crippen molar-refractivity contribution in [3.8, 4) is 5.75 Å². The van der Waals surface area contributed by atoms with Crippen molar-refractivity contribution in [2.45, 2.75) is 37.0 Å². The molecule has 0 atom stereocenters. The maximum atomic E-state index is 12.0. The van der Waals surface area contributed by atoms with Crippen molar-refractivity contribution < 1.29 is 23.1 Å². The number of ether oxygens (including phenoxy) is 1. The lowest BCUT2D eigenvalue weighted by atomic mass is 9.89. The molecule has 1 aliphatic carbocycles. The predicted octanol–water partition coefficient (Wildman–Crippen LogP) is 1.94. The summed E-state index contributed by atoms with van der Waals surface area (Å²) in [7, 11) is -3.53. The van der Waals surface area contributed by atoms with Gasteiger partial charge in [-0.25, -0.2) is 8.42 Å². The van der Waals surface area contributed by atoms with Gasteiger partial charge in [-0.2, -0.15) is 0 Å². The van der Waals surface area contributed by atoms with Crippen LogP contribution in [0.2, 0.25) is 0 Å². The summed E-state index contributed by atoms with van der Waals surface area (Å²) in [5.41, 5.74) is 0. The van der Waals surface area contributed by atoms with Gasteiger partial charge in [0.1, 0.15) is 5.75 Å². The minimum Gasteiger partial charge on any atom is -0.426 e. The van der Waals surface area contributed by atoms with Crippen molar-refractivity contribution in [2.75, 3.05) is 12.4 Å². The molecule has 1 aliphatic rings. The smallest absolute Gasteiger partial charge is 0.314 e. The Hall–Kier alpha value is -1.40. The molecule has 0 aliphatic heterocycles. The molecule has 1 aromatic rings. The van der Waals surface area contributed by atoms with Gasteiger partial charge in [0.25, 0.3) is 0 Å². The molecular formula is C15H20O5S. The molecule has 1 N–H and O–H groups in total. The number of carbonyl (C=O) groups excluding carboxylic acids is 1. The molecule has 0 heterocycles. The summed E-state index contributed by atoms with van der Waals surface area (Å²) in [6.45, 7) is -0.436. The number of esters is 1. The van der Waals surface area contributed by atoms with E-state index in [0.717, 1.165) is 32.1 Å². The Morgan fingerprint density at radius 3 is 2.62 bits per heavy atom. The molecule has 0 amide bonds. The van der Waals surface area contributed by atoms with Crippen LogP contribution in [0.1, 0.15) is 32.1 Å². The predicted molar refractivity (Wildman–Crippen MR) is 77.8 cm³/mol. The molecule has 0 spiro atoms. The Labute approximate surface area is 124 Å². The van der Waals surface area contributed by atoms with Gasteiger partial charge >= 0.3 is 5.97 Å². The van der Waals surface area contributed by atoms with E-state index in [2.05, 4.69) is 0 Å². The van der Waals surface area contributed by atoms with Crippen LogP contribution in [0.5, 0.6) is 5.75 Å². The summed E-state index contributed by atoms with van der Waals surface area (Å²) in [6.07, 6.45) is 4.89. The van der Waals surface area contributed by atoms with Gasteiger partial charge in [0.15, 0.2) is 9.84 Å². The molecule has 1 aromatic carbocycles. The van der Waals surface area contributed by atoms with E-state index in [1.54, 1.807) is 6.07 Å². The first-order valence-corrected chi connectivity index (χ1v) is 8.83. The van der Waals surface area contributed by atoms with Crippen LogP contribution in [0.3, 0.4) is 0 Å². The fourth-order valence-electron chi connectivity index (χ4n) is 2.51. The number of benzene rings is 1. The molecule has 6 heteroatoms. The lowest BCUT2D eigenvalue weighted by Gasteiger charge is -2.19. The van der Waals surface area contributed by atoms with Crippen LogP contribution in [0.15, 0.2) is 29.2 Å². The highest BCUT2D eigenvalue weighted by atomic mass is 32.2. The van der Waals surface area contributed by atoms with E-state index in [1.165, 1.54) is 18.2 Å². The third-order valence-electron chi connectivity index (χ3n) is 3.68. The van der Waals surface area contributed by atoms with Gasteiger partial charge in [0.05, 0.1) is 23.2 Å². The van der Waals surface area contributed by atoms with Gasteiger partial charge in [-0.05, 0) is 31.0 Å². The second-order valence-electron chi connectivity index (χ2n) is 5.27. The van der Waals surface area contributed by atoms with Crippen molar-refractivity contribution in [2.24, 2.45) is 5.92 Å². The number of aliphatic hydroxyl groups excluding tert-OH is 1. The van der Waals surface area contributed by atoms with E-state index < -0.39 is 16.4 Å². The van der Waals surface area contributed by atoms with Crippen molar-refractivity contribution in [3.63, 3.8) is 0 Å². The quantitative estimate of drug-likeness (QED) is 0.664. The zero-order chi connectivity index (χ0) is 15.3. The molecule has 1 fully saturated rings. The highest BCUT2D eigenvalue weighted by molar-refractivity contribution is 7.91. The summed E-state index contributed by atoms with van der Waals surface area (Å²) >= 11 is 0. The largest absolute Gasteiger partial charge is 0.426 e. The molecule has 0 aromatic heterocycles.